The minimum atomic E-state index is -4.44. The predicted molar refractivity (Wildman–Crippen MR) is 118 cm³/mol. The molecule has 3 aromatic rings. The van der Waals surface area contributed by atoms with Crippen molar-refractivity contribution in [2.24, 2.45) is 5.10 Å². The van der Waals surface area contributed by atoms with Crippen molar-refractivity contribution in [2.75, 3.05) is 11.9 Å². The Balaban J connectivity index is 1.47. The van der Waals surface area contributed by atoms with Crippen LogP contribution >= 0.6 is 0 Å². The zero-order chi connectivity index (χ0) is 23.0. The Morgan fingerprint density at radius 2 is 1.78 bits per heavy atom. The molecular formula is C24H22F3N3O2. The average molecular weight is 441 g/mol. The number of ether oxygens (including phenoxy) is 1. The third-order valence-electron chi connectivity index (χ3n) is 4.43. The summed E-state index contributed by atoms with van der Waals surface area (Å²) >= 11 is 0. The molecule has 2 N–H and O–H groups in total. The Bertz CT molecular complexity index is 1080. The summed E-state index contributed by atoms with van der Waals surface area (Å²) in [4.78, 5) is 11.9. The molecule has 0 saturated carbocycles. The molecule has 0 heterocycles. The van der Waals surface area contributed by atoms with Gasteiger partial charge in [-0.25, -0.2) is 5.43 Å². The van der Waals surface area contributed by atoms with E-state index < -0.39 is 17.6 Å². The summed E-state index contributed by atoms with van der Waals surface area (Å²) in [5.41, 5.74) is 4.69. The van der Waals surface area contributed by atoms with Crippen molar-refractivity contribution < 1.29 is 22.7 Å². The second-order valence-corrected chi connectivity index (χ2v) is 7.07. The molecule has 0 aromatic heterocycles. The Kier molecular flexibility index (Phi) is 7.49. The van der Waals surface area contributed by atoms with Crippen LogP contribution in [0.2, 0.25) is 0 Å². The zero-order valence-corrected chi connectivity index (χ0v) is 17.3. The first-order chi connectivity index (χ1) is 15.3. The van der Waals surface area contributed by atoms with Crippen molar-refractivity contribution in [3.8, 4) is 5.75 Å². The summed E-state index contributed by atoms with van der Waals surface area (Å²) in [5.74, 6) is 0.164. The fraction of sp³-hybridized carbons (Fsp3) is 0.167. The molecule has 0 fully saturated rings. The summed E-state index contributed by atoms with van der Waals surface area (Å²) in [6, 6.07) is 19.9. The van der Waals surface area contributed by atoms with Crippen LogP contribution in [0.5, 0.6) is 5.75 Å². The molecule has 0 aliphatic carbocycles. The van der Waals surface area contributed by atoms with Gasteiger partial charge in [0.05, 0.1) is 18.3 Å². The van der Waals surface area contributed by atoms with Crippen LogP contribution in [0.4, 0.5) is 18.9 Å². The van der Waals surface area contributed by atoms with Crippen molar-refractivity contribution in [1.29, 1.82) is 0 Å². The SMILES string of the molecule is Cc1ccc(COc2cccc(/C=N\NC(=O)CNc3cccc(C(F)(F)F)c3)c2)cc1. The molecule has 3 aromatic carbocycles. The maximum atomic E-state index is 12.7. The second-order valence-electron chi connectivity index (χ2n) is 7.07. The zero-order valence-electron chi connectivity index (χ0n) is 17.3. The van der Waals surface area contributed by atoms with Crippen LogP contribution in [0.1, 0.15) is 22.3 Å². The molecule has 5 nitrogen and oxygen atoms in total. The topological polar surface area (TPSA) is 62.7 Å². The van der Waals surface area contributed by atoms with Crippen LogP contribution in [-0.4, -0.2) is 18.7 Å². The number of carbonyl (C=O) groups is 1. The van der Waals surface area contributed by atoms with Gasteiger partial charge in [-0.2, -0.15) is 18.3 Å². The van der Waals surface area contributed by atoms with Crippen LogP contribution in [0.3, 0.4) is 0 Å². The highest BCUT2D eigenvalue weighted by molar-refractivity contribution is 5.84. The first kappa shape index (κ1) is 22.9. The van der Waals surface area contributed by atoms with Gasteiger partial charge in [0.2, 0.25) is 0 Å². The molecular weight excluding hydrogens is 419 g/mol. The van der Waals surface area contributed by atoms with Crippen LogP contribution < -0.4 is 15.5 Å². The summed E-state index contributed by atoms with van der Waals surface area (Å²) in [6.07, 6.45) is -2.98. The summed E-state index contributed by atoms with van der Waals surface area (Å²) in [7, 11) is 0. The number of rotatable bonds is 8. The molecule has 32 heavy (non-hydrogen) atoms. The molecule has 0 aliphatic rings. The first-order valence-corrected chi connectivity index (χ1v) is 9.81. The van der Waals surface area contributed by atoms with E-state index >= 15 is 0 Å². The molecule has 0 radical (unpaired) electrons. The lowest BCUT2D eigenvalue weighted by Gasteiger charge is -2.10. The number of hydrogen-bond donors (Lipinski definition) is 2. The first-order valence-electron chi connectivity index (χ1n) is 9.81. The normalized spacial score (nSPS) is 11.4. The van der Waals surface area contributed by atoms with E-state index in [9.17, 15) is 18.0 Å². The van der Waals surface area contributed by atoms with E-state index in [1.807, 2.05) is 43.3 Å². The van der Waals surface area contributed by atoms with Gasteiger partial charge in [0.15, 0.2) is 0 Å². The molecule has 166 valence electrons. The number of nitrogens with zero attached hydrogens (tertiary/aromatic N) is 1. The van der Waals surface area contributed by atoms with Crippen molar-refractivity contribution in [2.45, 2.75) is 19.7 Å². The van der Waals surface area contributed by atoms with Crippen molar-refractivity contribution in [3.63, 3.8) is 0 Å². The fourth-order valence-corrected chi connectivity index (χ4v) is 2.74. The maximum absolute atomic E-state index is 12.7. The fourth-order valence-electron chi connectivity index (χ4n) is 2.74. The van der Waals surface area contributed by atoms with Crippen LogP contribution in [0.15, 0.2) is 77.9 Å². The van der Waals surface area contributed by atoms with Crippen molar-refractivity contribution in [3.05, 3.63) is 95.1 Å². The molecule has 1 amide bonds. The quantitative estimate of drug-likeness (QED) is 0.375. The standard InChI is InChI=1S/C24H22F3N3O2/c1-17-8-10-18(11-9-17)16-32-22-7-2-4-19(12-22)14-29-30-23(31)15-28-21-6-3-5-20(13-21)24(25,26)27/h2-14,28H,15-16H2,1H3,(H,30,31)/b29-14-. The molecule has 0 atom stereocenters. The monoisotopic (exact) mass is 441 g/mol. The number of carbonyl (C=O) groups excluding carboxylic acids is 1. The average Bonchev–Trinajstić information content (AvgIpc) is 2.77. The number of anilines is 1. The lowest BCUT2D eigenvalue weighted by Crippen LogP contribution is -2.26. The van der Waals surface area contributed by atoms with Gasteiger partial charge in [0, 0.05) is 5.69 Å². The van der Waals surface area contributed by atoms with Crippen molar-refractivity contribution in [1.82, 2.24) is 5.43 Å². The predicted octanol–water partition coefficient (Wildman–Crippen LogP) is 5.16. The number of alkyl halides is 3. The number of hydrazone groups is 1. The number of halogens is 3. The number of amides is 1. The van der Waals surface area contributed by atoms with E-state index in [2.05, 4.69) is 15.8 Å². The number of nitrogens with one attached hydrogen (secondary N) is 2. The van der Waals surface area contributed by atoms with Gasteiger partial charge in [0.25, 0.3) is 5.91 Å². The van der Waals surface area contributed by atoms with Crippen LogP contribution in [0, 0.1) is 6.92 Å². The Morgan fingerprint density at radius 1 is 1.03 bits per heavy atom. The minimum Gasteiger partial charge on any atom is -0.489 e. The summed E-state index contributed by atoms with van der Waals surface area (Å²) in [5, 5.41) is 6.52. The highest BCUT2D eigenvalue weighted by Crippen LogP contribution is 2.30. The smallest absolute Gasteiger partial charge is 0.416 e. The Hall–Kier alpha value is -3.81. The molecule has 0 saturated heterocycles. The lowest BCUT2D eigenvalue weighted by atomic mass is 10.2. The second kappa shape index (κ2) is 10.5. The van der Waals surface area contributed by atoms with Gasteiger partial charge in [-0.1, -0.05) is 48.0 Å². The Morgan fingerprint density at radius 3 is 2.53 bits per heavy atom. The van der Waals surface area contributed by atoms with E-state index in [0.717, 1.165) is 23.3 Å². The molecule has 0 bridgehead atoms. The Labute approximate surface area is 183 Å². The highest BCUT2D eigenvalue weighted by atomic mass is 19.4. The number of benzene rings is 3. The van der Waals surface area contributed by atoms with E-state index in [-0.39, 0.29) is 12.2 Å². The van der Waals surface area contributed by atoms with Crippen LogP contribution in [0.25, 0.3) is 0 Å². The molecule has 3 rings (SSSR count). The van der Waals surface area contributed by atoms with E-state index in [0.29, 0.717) is 12.4 Å². The van der Waals surface area contributed by atoms with Crippen molar-refractivity contribution >= 4 is 17.8 Å². The summed E-state index contributed by atoms with van der Waals surface area (Å²) in [6.45, 7) is 2.23. The van der Waals surface area contributed by atoms with Gasteiger partial charge < -0.3 is 10.1 Å². The van der Waals surface area contributed by atoms with Gasteiger partial charge >= 0.3 is 6.18 Å². The van der Waals surface area contributed by atoms with E-state index in [1.54, 1.807) is 12.1 Å². The molecule has 8 heteroatoms. The summed E-state index contributed by atoms with van der Waals surface area (Å²) < 4.78 is 44.0. The van der Waals surface area contributed by atoms with Gasteiger partial charge in [0.1, 0.15) is 12.4 Å². The third-order valence-corrected chi connectivity index (χ3v) is 4.43. The molecule has 0 unspecified atom stereocenters. The van der Waals surface area contributed by atoms with E-state index in [1.165, 1.54) is 23.9 Å². The number of hydrogen-bond acceptors (Lipinski definition) is 4. The largest absolute Gasteiger partial charge is 0.489 e. The van der Waals surface area contributed by atoms with Gasteiger partial charge in [-0.3, -0.25) is 4.79 Å². The third kappa shape index (κ3) is 7.16. The highest BCUT2D eigenvalue weighted by Gasteiger charge is 2.30. The van der Waals surface area contributed by atoms with E-state index in [4.69, 9.17) is 4.74 Å². The minimum absolute atomic E-state index is 0.192. The van der Waals surface area contributed by atoms with Gasteiger partial charge in [-0.05, 0) is 48.4 Å². The number of aryl methyl sites for hydroxylation is 1. The maximum Gasteiger partial charge on any atom is 0.416 e. The lowest BCUT2D eigenvalue weighted by molar-refractivity contribution is -0.137. The molecule has 0 spiro atoms. The van der Waals surface area contributed by atoms with Crippen LogP contribution in [-0.2, 0) is 17.6 Å². The van der Waals surface area contributed by atoms with Gasteiger partial charge in [-0.15, -0.1) is 0 Å². The molecule has 0 aliphatic heterocycles.